The molecule has 0 saturated carbocycles. The van der Waals surface area contributed by atoms with Crippen LogP contribution in [-0.2, 0) is 20.4 Å². The Kier molecular flexibility index (Phi) is 6.41. The molecule has 0 spiro atoms. The quantitative estimate of drug-likeness (QED) is 0.808. The Morgan fingerprint density at radius 1 is 1.24 bits per heavy atom. The van der Waals surface area contributed by atoms with Gasteiger partial charge in [-0.1, -0.05) is 6.92 Å². The van der Waals surface area contributed by atoms with Crippen LogP contribution in [0, 0.1) is 5.92 Å². The van der Waals surface area contributed by atoms with E-state index in [1.807, 2.05) is 0 Å². The second-order valence-electron chi connectivity index (χ2n) is 4.54. The van der Waals surface area contributed by atoms with Crippen molar-refractivity contribution >= 4 is 28.4 Å². The molecule has 2 atom stereocenters. The van der Waals surface area contributed by atoms with Crippen LogP contribution >= 0.6 is 0 Å². The number of hydrogen-bond acceptors (Lipinski definition) is 3. The van der Waals surface area contributed by atoms with Crippen LogP contribution in [0.2, 0.25) is 0 Å². The van der Waals surface area contributed by atoms with Crippen molar-refractivity contribution in [2.24, 2.45) is 5.92 Å². The summed E-state index contributed by atoms with van der Waals surface area (Å²) in [5, 5.41) is 11.1. The van der Waals surface area contributed by atoms with E-state index in [1.54, 1.807) is 6.92 Å². The number of carboxylic acids is 1. The van der Waals surface area contributed by atoms with Gasteiger partial charge in [-0.2, -0.15) is 8.78 Å². The Balaban J connectivity index is 2.57. The predicted octanol–water partition coefficient (Wildman–Crippen LogP) is 2.46. The van der Waals surface area contributed by atoms with Crippen LogP contribution in [0.5, 0.6) is 0 Å². The van der Waals surface area contributed by atoms with Crippen LogP contribution in [0.25, 0.3) is 0 Å². The van der Waals surface area contributed by atoms with Gasteiger partial charge in [0.15, 0.2) is 0 Å². The number of alkyl halides is 2. The monoisotopic (exact) mass is 319 g/mol. The summed E-state index contributed by atoms with van der Waals surface area (Å²) in [5.41, 5.74) is 0.373. The van der Waals surface area contributed by atoms with Crippen LogP contribution in [-0.4, -0.2) is 26.9 Å². The number of benzene rings is 1. The van der Waals surface area contributed by atoms with Crippen molar-refractivity contribution < 1.29 is 27.7 Å². The summed E-state index contributed by atoms with van der Waals surface area (Å²) >= 11 is 0. The molecule has 0 saturated heterocycles. The first-order valence-electron chi connectivity index (χ1n) is 6.10. The van der Waals surface area contributed by atoms with E-state index < -0.39 is 22.5 Å². The Bertz CT molecular complexity index is 533. The maximum Gasteiger partial charge on any atom is 0.316 e. The van der Waals surface area contributed by atoms with E-state index in [4.69, 9.17) is 5.11 Å². The number of hydrogen-bond donors (Lipinski definition) is 2. The SMILES string of the molecule is CC(CC(=O)O)CC(=O)Nc1ccc(S(=O)C(F)F)cc1. The van der Waals surface area contributed by atoms with Crippen LogP contribution < -0.4 is 5.32 Å². The first-order valence-corrected chi connectivity index (χ1v) is 7.31. The fourth-order valence-corrected chi connectivity index (χ4v) is 2.28. The molecule has 0 heterocycles. The van der Waals surface area contributed by atoms with Crippen molar-refractivity contribution in [3.63, 3.8) is 0 Å². The molecule has 0 bridgehead atoms. The Hall–Kier alpha value is -1.83. The maximum atomic E-state index is 12.3. The number of nitrogens with one attached hydrogen (secondary N) is 1. The first kappa shape index (κ1) is 17.2. The van der Waals surface area contributed by atoms with E-state index in [-0.39, 0.29) is 29.6 Å². The summed E-state index contributed by atoms with van der Waals surface area (Å²) in [5.74, 6) is -4.61. The van der Waals surface area contributed by atoms with E-state index in [0.717, 1.165) is 0 Å². The van der Waals surface area contributed by atoms with Gasteiger partial charge in [0.05, 0.1) is 0 Å². The van der Waals surface area contributed by atoms with Gasteiger partial charge >= 0.3 is 11.7 Å². The van der Waals surface area contributed by atoms with Crippen LogP contribution in [0.1, 0.15) is 19.8 Å². The molecular formula is C13H15F2NO4S. The lowest BCUT2D eigenvalue weighted by atomic mass is 10.0. The molecule has 5 nitrogen and oxygen atoms in total. The average molecular weight is 319 g/mol. The molecule has 1 amide bonds. The number of amides is 1. The molecular weight excluding hydrogens is 304 g/mol. The third-order valence-corrected chi connectivity index (χ3v) is 3.65. The molecule has 2 N–H and O–H groups in total. The summed E-state index contributed by atoms with van der Waals surface area (Å²) in [4.78, 5) is 22.1. The highest BCUT2D eigenvalue weighted by Gasteiger charge is 2.16. The lowest BCUT2D eigenvalue weighted by Crippen LogP contribution is -2.17. The molecule has 0 radical (unpaired) electrons. The Labute approximate surface area is 122 Å². The van der Waals surface area contributed by atoms with E-state index in [1.165, 1.54) is 24.3 Å². The lowest BCUT2D eigenvalue weighted by Gasteiger charge is -2.10. The second kappa shape index (κ2) is 7.82. The van der Waals surface area contributed by atoms with Gasteiger partial charge in [0.2, 0.25) is 5.91 Å². The molecule has 0 aliphatic carbocycles. The largest absolute Gasteiger partial charge is 0.481 e. The Morgan fingerprint density at radius 2 is 1.81 bits per heavy atom. The molecule has 1 aromatic carbocycles. The molecule has 1 aromatic rings. The number of carbonyl (C=O) groups is 2. The van der Waals surface area contributed by atoms with Gasteiger partial charge in [0.1, 0.15) is 10.8 Å². The smallest absolute Gasteiger partial charge is 0.316 e. The maximum absolute atomic E-state index is 12.3. The number of halogens is 2. The van der Waals surface area contributed by atoms with E-state index in [2.05, 4.69) is 5.32 Å². The van der Waals surface area contributed by atoms with Crippen molar-refractivity contribution in [3.8, 4) is 0 Å². The highest BCUT2D eigenvalue weighted by molar-refractivity contribution is 7.85. The summed E-state index contributed by atoms with van der Waals surface area (Å²) in [6, 6.07) is 5.24. The van der Waals surface area contributed by atoms with E-state index >= 15 is 0 Å². The molecule has 0 aliphatic heterocycles. The summed E-state index contributed by atoms with van der Waals surface area (Å²) in [7, 11) is -2.38. The van der Waals surface area contributed by atoms with Crippen molar-refractivity contribution in [1.29, 1.82) is 0 Å². The third-order valence-electron chi connectivity index (χ3n) is 2.59. The fraction of sp³-hybridized carbons (Fsp3) is 0.385. The number of carboxylic acid groups (broad SMARTS) is 1. The van der Waals surface area contributed by atoms with Crippen molar-refractivity contribution in [1.82, 2.24) is 0 Å². The highest BCUT2D eigenvalue weighted by atomic mass is 32.2. The second-order valence-corrected chi connectivity index (χ2v) is 5.96. The summed E-state index contributed by atoms with van der Waals surface area (Å²) < 4.78 is 35.7. The topological polar surface area (TPSA) is 83.5 Å². The minimum Gasteiger partial charge on any atom is -0.481 e. The molecule has 1 rings (SSSR count). The van der Waals surface area contributed by atoms with E-state index in [9.17, 15) is 22.6 Å². The predicted molar refractivity (Wildman–Crippen MR) is 73.5 cm³/mol. The van der Waals surface area contributed by atoms with E-state index in [0.29, 0.717) is 5.69 Å². The zero-order valence-electron chi connectivity index (χ0n) is 11.2. The number of aliphatic carboxylic acids is 1. The normalized spacial score (nSPS) is 13.7. The first-order chi connectivity index (χ1) is 9.79. The zero-order chi connectivity index (χ0) is 16.0. The average Bonchev–Trinajstić information content (AvgIpc) is 2.37. The van der Waals surface area contributed by atoms with Crippen LogP contribution in [0.3, 0.4) is 0 Å². The van der Waals surface area contributed by atoms with Gasteiger partial charge < -0.3 is 10.4 Å². The van der Waals surface area contributed by atoms with Gasteiger partial charge in [-0.25, -0.2) is 4.21 Å². The molecule has 2 unspecified atom stereocenters. The molecule has 0 aromatic heterocycles. The number of anilines is 1. The molecule has 116 valence electrons. The minimum absolute atomic E-state index is 0.0257. The lowest BCUT2D eigenvalue weighted by molar-refractivity contribution is -0.138. The highest BCUT2D eigenvalue weighted by Crippen LogP contribution is 2.17. The van der Waals surface area contributed by atoms with Crippen LogP contribution in [0.4, 0.5) is 14.5 Å². The number of carbonyl (C=O) groups excluding carboxylic acids is 1. The molecule has 21 heavy (non-hydrogen) atoms. The standard InChI is InChI=1S/C13H15F2NO4S/c1-8(7-12(18)19)6-11(17)16-9-2-4-10(5-3-9)21(20)13(14)15/h2-5,8,13H,6-7H2,1H3,(H,16,17)(H,18,19). The van der Waals surface area contributed by atoms with Crippen molar-refractivity contribution in [3.05, 3.63) is 24.3 Å². The zero-order valence-corrected chi connectivity index (χ0v) is 12.0. The molecule has 0 fully saturated rings. The van der Waals surface area contributed by atoms with Gasteiger partial charge in [-0.15, -0.1) is 0 Å². The van der Waals surface area contributed by atoms with Crippen molar-refractivity contribution in [2.45, 2.75) is 30.4 Å². The summed E-state index contributed by atoms with van der Waals surface area (Å²) in [6.07, 6.45) is -0.0727. The third kappa shape index (κ3) is 5.99. The molecule has 0 aliphatic rings. The Morgan fingerprint density at radius 3 is 2.29 bits per heavy atom. The van der Waals surface area contributed by atoms with Crippen LogP contribution in [0.15, 0.2) is 29.2 Å². The van der Waals surface area contributed by atoms with Gasteiger partial charge in [0, 0.05) is 23.4 Å². The fourth-order valence-electron chi connectivity index (χ4n) is 1.67. The minimum atomic E-state index is -2.96. The summed E-state index contributed by atoms with van der Waals surface area (Å²) in [6.45, 7) is 1.64. The van der Waals surface area contributed by atoms with Crippen molar-refractivity contribution in [2.75, 3.05) is 5.32 Å². The number of rotatable bonds is 7. The van der Waals surface area contributed by atoms with Gasteiger partial charge in [-0.3, -0.25) is 9.59 Å². The van der Waals surface area contributed by atoms with Gasteiger partial charge in [-0.05, 0) is 30.2 Å². The van der Waals surface area contributed by atoms with Gasteiger partial charge in [0.25, 0.3) is 0 Å². The molecule has 8 heteroatoms.